The van der Waals surface area contributed by atoms with E-state index < -0.39 is 29.6 Å². The standard InChI is InChI=1S/C36H39F7O/c1-2-3-4-5-23-19-31(37)30(32(38)20-23)17-7-22-6-16-29-27(18-22)21-33(39)34(35(29)40)26-10-8-24(9-11-26)25-12-14-28(15-13-25)44-36(41,42)43/h12-15,19-22,24,26H,2-11,16-18H2,1H3. The molecule has 0 spiro atoms. The number of benzene rings is 3. The predicted octanol–water partition coefficient (Wildman–Crippen LogP) is 11.1. The highest BCUT2D eigenvalue weighted by Gasteiger charge is 2.33. The molecule has 1 nitrogen and oxygen atoms in total. The summed E-state index contributed by atoms with van der Waals surface area (Å²) in [6.45, 7) is 2.08. The van der Waals surface area contributed by atoms with E-state index in [1.165, 1.54) is 30.3 Å². The number of unbranched alkanes of at least 4 members (excludes halogenated alkanes) is 2. The van der Waals surface area contributed by atoms with Gasteiger partial charge in [0.1, 0.15) is 29.0 Å². The Morgan fingerprint density at radius 2 is 1.43 bits per heavy atom. The lowest BCUT2D eigenvalue weighted by atomic mass is 9.74. The van der Waals surface area contributed by atoms with Gasteiger partial charge in [-0.1, -0.05) is 31.9 Å². The summed E-state index contributed by atoms with van der Waals surface area (Å²) in [7, 11) is 0. The molecule has 3 aromatic carbocycles. The molecule has 2 aliphatic rings. The first-order valence-electron chi connectivity index (χ1n) is 15.8. The molecule has 2 aliphatic carbocycles. The highest BCUT2D eigenvalue weighted by molar-refractivity contribution is 5.39. The van der Waals surface area contributed by atoms with Gasteiger partial charge in [-0.05, 0) is 141 Å². The average molecular weight is 621 g/mol. The monoisotopic (exact) mass is 620 g/mol. The summed E-state index contributed by atoms with van der Waals surface area (Å²) in [6.07, 6.45) is 3.77. The molecule has 0 amide bonds. The molecule has 0 aliphatic heterocycles. The van der Waals surface area contributed by atoms with Crippen LogP contribution in [0.3, 0.4) is 0 Å². The van der Waals surface area contributed by atoms with E-state index in [4.69, 9.17) is 0 Å². The first-order chi connectivity index (χ1) is 21.0. The van der Waals surface area contributed by atoms with Gasteiger partial charge in [0.25, 0.3) is 0 Å². The smallest absolute Gasteiger partial charge is 0.406 e. The Bertz CT molecular complexity index is 1400. The number of hydrogen-bond donors (Lipinski definition) is 0. The van der Waals surface area contributed by atoms with Crippen molar-refractivity contribution in [2.45, 2.75) is 109 Å². The molecule has 0 bridgehead atoms. The fourth-order valence-electron chi connectivity index (χ4n) is 7.18. The fourth-order valence-corrected chi connectivity index (χ4v) is 7.18. The van der Waals surface area contributed by atoms with Crippen LogP contribution in [0.25, 0.3) is 0 Å². The maximum atomic E-state index is 15.8. The topological polar surface area (TPSA) is 9.23 Å². The van der Waals surface area contributed by atoms with Crippen molar-refractivity contribution in [3.63, 3.8) is 0 Å². The lowest BCUT2D eigenvalue weighted by Gasteiger charge is -2.32. The molecule has 0 radical (unpaired) electrons. The summed E-state index contributed by atoms with van der Waals surface area (Å²) in [5.41, 5.74) is 2.98. The predicted molar refractivity (Wildman–Crippen MR) is 157 cm³/mol. The largest absolute Gasteiger partial charge is 0.573 e. The van der Waals surface area contributed by atoms with E-state index >= 15 is 8.78 Å². The van der Waals surface area contributed by atoms with Gasteiger partial charge in [0.05, 0.1) is 0 Å². The summed E-state index contributed by atoms with van der Waals surface area (Å²) in [5.74, 6) is -2.41. The van der Waals surface area contributed by atoms with E-state index in [-0.39, 0.29) is 41.1 Å². The lowest BCUT2D eigenvalue weighted by molar-refractivity contribution is -0.274. The highest BCUT2D eigenvalue weighted by Crippen LogP contribution is 2.44. The van der Waals surface area contributed by atoms with E-state index in [9.17, 15) is 22.0 Å². The van der Waals surface area contributed by atoms with Crippen LogP contribution in [-0.2, 0) is 25.7 Å². The zero-order valence-electron chi connectivity index (χ0n) is 25.0. The van der Waals surface area contributed by atoms with Gasteiger partial charge in [-0.3, -0.25) is 0 Å². The summed E-state index contributed by atoms with van der Waals surface area (Å²) in [4.78, 5) is 0. The SMILES string of the molecule is CCCCCc1cc(F)c(CCC2CCc3c(cc(F)c(C4CCC(c5ccc(OC(F)(F)F)cc5)CC4)c3F)C2)c(F)c1. The van der Waals surface area contributed by atoms with Crippen molar-refractivity contribution < 1.29 is 35.5 Å². The van der Waals surface area contributed by atoms with Crippen molar-refractivity contribution >= 4 is 0 Å². The third kappa shape index (κ3) is 7.78. The summed E-state index contributed by atoms with van der Waals surface area (Å²) >= 11 is 0. The Kier molecular flexibility index (Phi) is 10.3. The molecule has 8 heteroatoms. The van der Waals surface area contributed by atoms with Crippen LogP contribution in [0.1, 0.15) is 110 Å². The minimum absolute atomic E-state index is 0.0820. The van der Waals surface area contributed by atoms with E-state index in [0.29, 0.717) is 74.5 Å². The molecule has 1 saturated carbocycles. The number of hydrogen-bond acceptors (Lipinski definition) is 1. The number of fused-ring (bicyclic) bond motifs is 1. The molecule has 0 heterocycles. The van der Waals surface area contributed by atoms with Gasteiger partial charge in [0.2, 0.25) is 0 Å². The molecular formula is C36H39F7O. The molecule has 0 saturated heterocycles. The lowest BCUT2D eigenvalue weighted by Crippen LogP contribution is -2.21. The van der Waals surface area contributed by atoms with Gasteiger partial charge in [-0.2, -0.15) is 0 Å². The Morgan fingerprint density at radius 3 is 2.07 bits per heavy atom. The maximum Gasteiger partial charge on any atom is 0.573 e. The molecule has 0 N–H and O–H groups in total. The zero-order valence-corrected chi connectivity index (χ0v) is 25.0. The summed E-state index contributed by atoms with van der Waals surface area (Å²) in [6, 6.07) is 10.2. The number of alkyl halides is 3. The van der Waals surface area contributed by atoms with Crippen LogP contribution in [0, 0.1) is 29.2 Å². The quantitative estimate of drug-likeness (QED) is 0.162. The van der Waals surface area contributed by atoms with Gasteiger partial charge >= 0.3 is 6.36 Å². The van der Waals surface area contributed by atoms with Crippen molar-refractivity contribution in [2.75, 3.05) is 0 Å². The molecule has 5 rings (SSSR count). The van der Waals surface area contributed by atoms with Gasteiger partial charge in [0, 0.05) is 11.1 Å². The van der Waals surface area contributed by atoms with E-state index in [2.05, 4.69) is 11.7 Å². The van der Waals surface area contributed by atoms with E-state index in [1.54, 1.807) is 12.1 Å². The molecule has 1 fully saturated rings. The maximum absolute atomic E-state index is 15.8. The second kappa shape index (κ2) is 13.9. The molecule has 1 unspecified atom stereocenters. The minimum Gasteiger partial charge on any atom is -0.406 e. The van der Waals surface area contributed by atoms with Gasteiger partial charge in [-0.25, -0.2) is 17.6 Å². The first-order valence-corrected chi connectivity index (χ1v) is 15.8. The van der Waals surface area contributed by atoms with Crippen LogP contribution in [-0.4, -0.2) is 6.36 Å². The minimum atomic E-state index is -4.75. The second-order valence-corrected chi connectivity index (χ2v) is 12.5. The third-order valence-electron chi connectivity index (χ3n) is 9.55. The van der Waals surface area contributed by atoms with Gasteiger partial charge < -0.3 is 4.74 Å². The molecular weight excluding hydrogens is 581 g/mol. The van der Waals surface area contributed by atoms with Crippen molar-refractivity contribution in [3.8, 4) is 5.75 Å². The van der Waals surface area contributed by atoms with Crippen LogP contribution in [0.2, 0.25) is 0 Å². The van der Waals surface area contributed by atoms with Crippen LogP contribution >= 0.6 is 0 Å². The molecule has 0 aromatic heterocycles. The first kappa shape index (κ1) is 32.4. The molecule has 3 aromatic rings. The number of aryl methyl sites for hydroxylation is 1. The van der Waals surface area contributed by atoms with Crippen LogP contribution in [0.4, 0.5) is 30.7 Å². The highest BCUT2D eigenvalue weighted by atomic mass is 19.4. The van der Waals surface area contributed by atoms with E-state index in [0.717, 1.165) is 24.8 Å². The van der Waals surface area contributed by atoms with Crippen molar-refractivity contribution in [1.29, 1.82) is 0 Å². The number of ether oxygens (including phenoxy) is 1. The average Bonchev–Trinajstić information content (AvgIpc) is 2.97. The Morgan fingerprint density at radius 1 is 0.773 bits per heavy atom. The fraction of sp³-hybridized carbons (Fsp3) is 0.500. The Labute approximate surface area is 254 Å². The normalized spacial score (nSPS) is 20.4. The van der Waals surface area contributed by atoms with Crippen molar-refractivity contribution in [1.82, 2.24) is 0 Å². The number of halogens is 7. The van der Waals surface area contributed by atoms with Crippen LogP contribution < -0.4 is 4.74 Å². The van der Waals surface area contributed by atoms with Crippen LogP contribution in [0.5, 0.6) is 5.75 Å². The summed E-state index contributed by atoms with van der Waals surface area (Å²) in [5, 5.41) is 0. The molecule has 44 heavy (non-hydrogen) atoms. The molecule has 1 atom stereocenters. The van der Waals surface area contributed by atoms with Gasteiger partial charge in [-0.15, -0.1) is 13.2 Å². The Balaban J connectivity index is 1.19. The van der Waals surface area contributed by atoms with Crippen molar-refractivity contribution in [2.24, 2.45) is 5.92 Å². The van der Waals surface area contributed by atoms with Gasteiger partial charge in [0.15, 0.2) is 0 Å². The Hall–Kier alpha value is -3.03. The number of rotatable bonds is 10. The van der Waals surface area contributed by atoms with E-state index in [1.807, 2.05) is 0 Å². The molecule has 238 valence electrons. The summed E-state index contributed by atoms with van der Waals surface area (Å²) < 4.78 is 102. The van der Waals surface area contributed by atoms with Crippen molar-refractivity contribution in [3.05, 3.63) is 99.1 Å². The zero-order chi connectivity index (χ0) is 31.4. The third-order valence-corrected chi connectivity index (χ3v) is 9.55. The second-order valence-electron chi connectivity index (χ2n) is 12.5. The van der Waals surface area contributed by atoms with Crippen LogP contribution in [0.15, 0.2) is 42.5 Å².